The monoisotopic (exact) mass is 303 g/mol. The van der Waals surface area contributed by atoms with Crippen LogP contribution >= 0.6 is 11.3 Å². The van der Waals surface area contributed by atoms with Gasteiger partial charge in [0.15, 0.2) is 0 Å². The Hall–Kier alpha value is -0.430. The van der Waals surface area contributed by atoms with Crippen molar-refractivity contribution in [1.82, 2.24) is 4.72 Å². The van der Waals surface area contributed by atoms with Crippen LogP contribution in [0.4, 0.5) is 0 Å². The average Bonchev–Trinajstić information content (AvgIpc) is 3.04. The molecule has 0 spiro atoms. The summed E-state index contributed by atoms with van der Waals surface area (Å²) in [6, 6.07) is 0. The molecular weight excluding hydrogens is 282 g/mol. The number of hydrogen-bond acceptors (Lipinski definition) is 4. The van der Waals surface area contributed by atoms with E-state index in [1.54, 1.807) is 12.3 Å². The summed E-state index contributed by atoms with van der Waals surface area (Å²) in [4.78, 5) is 0.777. The molecule has 1 saturated carbocycles. The summed E-state index contributed by atoms with van der Waals surface area (Å²) in [6.45, 7) is 6.30. The van der Waals surface area contributed by atoms with Crippen LogP contribution in [0.1, 0.15) is 37.1 Å². The van der Waals surface area contributed by atoms with Gasteiger partial charge in [0, 0.05) is 6.54 Å². The molecule has 0 aliphatic heterocycles. The molecule has 0 unspecified atom stereocenters. The largest absolute Gasteiger partial charge is 0.391 e. The lowest BCUT2D eigenvalue weighted by atomic mass is 9.93. The molecule has 1 aliphatic carbocycles. The summed E-state index contributed by atoms with van der Waals surface area (Å²) in [7, 11) is -3.52. The molecule has 4 nitrogen and oxygen atoms in total. The van der Waals surface area contributed by atoms with E-state index in [0.29, 0.717) is 22.9 Å². The number of aliphatic hydroxyl groups excluding tert-OH is 1. The number of thiophene rings is 1. The van der Waals surface area contributed by atoms with Crippen molar-refractivity contribution in [3.05, 3.63) is 15.8 Å². The molecule has 1 fully saturated rings. The minimum atomic E-state index is -3.52. The third kappa shape index (κ3) is 2.86. The van der Waals surface area contributed by atoms with E-state index < -0.39 is 10.0 Å². The van der Waals surface area contributed by atoms with Crippen LogP contribution in [0.2, 0.25) is 0 Å². The molecule has 1 aromatic rings. The fraction of sp³-hybridized carbons (Fsp3) is 0.692. The van der Waals surface area contributed by atoms with Crippen molar-refractivity contribution in [3.8, 4) is 0 Å². The first-order valence-electron chi connectivity index (χ1n) is 6.50. The van der Waals surface area contributed by atoms with Gasteiger partial charge in [-0.3, -0.25) is 0 Å². The van der Waals surface area contributed by atoms with Gasteiger partial charge in [0.1, 0.15) is 4.90 Å². The maximum atomic E-state index is 12.4. The Morgan fingerprint density at radius 3 is 2.58 bits per heavy atom. The van der Waals surface area contributed by atoms with Crippen molar-refractivity contribution in [2.75, 3.05) is 6.54 Å². The molecule has 1 aliphatic rings. The molecule has 0 atom stereocenters. The highest BCUT2D eigenvalue weighted by atomic mass is 32.2. The number of nitrogens with one attached hydrogen (secondary N) is 1. The molecule has 0 amide bonds. The normalized spacial score (nSPS) is 17.9. The quantitative estimate of drug-likeness (QED) is 0.847. The Bertz CT molecular complexity index is 556. The molecule has 19 heavy (non-hydrogen) atoms. The molecule has 0 aromatic carbocycles. The van der Waals surface area contributed by atoms with Crippen molar-refractivity contribution in [2.45, 2.75) is 45.1 Å². The van der Waals surface area contributed by atoms with Crippen LogP contribution in [0.3, 0.4) is 0 Å². The van der Waals surface area contributed by atoms with Gasteiger partial charge in [-0.2, -0.15) is 0 Å². The molecule has 1 heterocycles. The molecule has 2 N–H and O–H groups in total. The van der Waals surface area contributed by atoms with E-state index >= 15 is 0 Å². The van der Waals surface area contributed by atoms with Gasteiger partial charge in [-0.1, -0.05) is 13.8 Å². The second kappa shape index (κ2) is 5.16. The highest BCUT2D eigenvalue weighted by Gasteiger charge is 2.45. The Labute approximate surface area is 118 Å². The maximum absolute atomic E-state index is 12.4. The van der Waals surface area contributed by atoms with Crippen molar-refractivity contribution in [2.24, 2.45) is 11.3 Å². The zero-order valence-electron chi connectivity index (χ0n) is 11.6. The minimum Gasteiger partial charge on any atom is -0.391 e. The lowest BCUT2D eigenvalue weighted by molar-refractivity contribution is 0.282. The predicted molar refractivity (Wildman–Crippen MR) is 76.7 cm³/mol. The minimum absolute atomic E-state index is 0.135. The molecule has 6 heteroatoms. The number of hydrogen-bond donors (Lipinski definition) is 2. The van der Waals surface area contributed by atoms with Gasteiger partial charge in [-0.05, 0) is 42.0 Å². The van der Waals surface area contributed by atoms with E-state index in [1.165, 1.54) is 11.3 Å². The Kier molecular flexibility index (Phi) is 4.07. The van der Waals surface area contributed by atoms with Gasteiger partial charge in [0.2, 0.25) is 10.0 Å². The highest BCUT2D eigenvalue weighted by Crippen LogP contribution is 2.51. The number of aliphatic hydroxyl groups is 1. The van der Waals surface area contributed by atoms with E-state index in [-0.39, 0.29) is 16.9 Å². The third-order valence-electron chi connectivity index (χ3n) is 4.13. The first-order valence-corrected chi connectivity index (χ1v) is 8.86. The SMILES string of the molecule is Cc1csc(CO)c1S(=O)(=O)NCC1(C(C)C)CC1. The van der Waals surface area contributed by atoms with E-state index in [0.717, 1.165) is 12.8 Å². The van der Waals surface area contributed by atoms with Crippen molar-refractivity contribution < 1.29 is 13.5 Å². The van der Waals surface area contributed by atoms with Gasteiger partial charge in [-0.15, -0.1) is 11.3 Å². The molecule has 0 saturated heterocycles. The summed E-state index contributed by atoms with van der Waals surface area (Å²) in [6.07, 6.45) is 2.17. The average molecular weight is 303 g/mol. The van der Waals surface area contributed by atoms with Crippen LogP contribution < -0.4 is 4.72 Å². The summed E-state index contributed by atoms with van der Waals surface area (Å²) in [5, 5.41) is 11.0. The molecule has 108 valence electrons. The first kappa shape index (κ1) is 15.0. The predicted octanol–water partition coefficient (Wildman–Crippen LogP) is 2.26. The zero-order chi connectivity index (χ0) is 14.3. The molecule has 1 aromatic heterocycles. The number of sulfonamides is 1. The zero-order valence-corrected chi connectivity index (χ0v) is 13.2. The standard InChI is InChI=1S/C13H21NO3S2/c1-9(2)13(4-5-13)8-14-19(16,17)12-10(3)7-18-11(12)6-15/h7,9,14-15H,4-6,8H2,1-3H3. The van der Waals surface area contributed by atoms with Crippen LogP contribution in [-0.2, 0) is 16.6 Å². The van der Waals surface area contributed by atoms with Crippen LogP contribution in [0.5, 0.6) is 0 Å². The summed E-state index contributed by atoms with van der Waals surface area (Å²) in [5.74, 6) is 0.482. The first-order chi connectivity index (χ1) is 8.82. The van der Waals surface area contributed by atoms with Crippen LogP contribution in [-0.4, -0.2) is 20.1 Å². The van der Waals surface area contributed by atoms with Crippen LogP contribution in [0, 0.1) is 18.3 Å². The highest BCUT2D eigenvalue weighted by molar-refractivity contribution is 7.89. The summed E-state index contributed by atoms with van der Waals surface area (Å²) < 4.78 is 27.5. The fourth-order valence-electron chi connectivity index (χ4n) is 2.39. The fourth-order valence-corrected chi connectivity index (χ4v) is 5.18. The van der Waals surface area contributed by atoms with Crippen molar-refractivity contribution in [1.29, 1.82) is 0 Å². The Morgan fingerprint density at radius 2 is 2.11 bits per heavy atom. The Balaban J connectivity index is 2.17. The second-order valence-electron chi connectivity index (χ2n) is 5.67. The third-order valence-corrected chi connectivity index (χ3v) is 6.98. The molecule has 0 bridgehead atoms. The van der Waals surface area contributed by atoms with Crippen molar-refractivity contribution >= 4 is 21.4 Å². The van der Waals surface area contributed by atoms with E-state index in [2.05, 4.69) is 18.6 Å². The van der Waals surface area contributed by atoms with Crippen molar-refractivity contribution in [3.63, 3.8) is 0 Å². The van der Waals surface area contributed by atoms with E-state index in [1.807, 2.05) is 0 Å². The topological polar surface area (TPSA) is 66.4 Å². The van der Waals surface area contributed by atoms with Gasteiger partial charge in [0.25, 0.3) is 0 Å². The van der Waals surface area contributed by atoms with Gasteiger partial charge >= 0.3 is 0 Å². The molecule has 0 radical (unpaired) electrons. The maximum Gasteiger partial charge on any atom is 0.242 e. The van der Waals surface area contributed by atoms with Crippen LogP contribution in [0.25, 0.3) is 0 Å². The smallest absolute Gasteiger partial charge is 0.242 e. The summed E-state index contributed by atoms with van der Waals surface area (Å²) >= 11 is 1.29. The lowest BCUT2D eigenvalue weighted by Gasteiger charge is -2.20. The van der Waals surface area contributed by atoms with Gasteiger partial charge < -0.3 is 5.11 Å². The molecular formula is C13H21NO3S2. The lowest BCUT2D eigenvalue weighted by Crippen LogP contribution is -2.33. The number of aryl methyl sites for hydroxylation is 1. The van der Waals surface area contributed by atoms with E-state index in [4.69, 9.17) is 0 Å². The number of rotatable bonds is 6. The second-order valence-corrected chi connectivity index (χ2v) is 8.34. The van der Waals surface area contributed by atoms with Gasteiger partial charge in [0.05, 0.1) is 11.5 Å². The molecule has 2 rings (SSSR count). The van der Waals surface area contributed by atoms with Gasteiger partial charge in [-0.25, -0.2) is 13.1 Å². The van der Waals surface area contributed by atoms with E-state index in [9.17, 15) is 13.5 Å². The van der Waals surface area contributed by atoms with Crippen LogP contribution in [0.15, 0.2) is 10.3 Å². The Morgan fingerprint density at radius 1 is 1.47 bits per heavy atom. The summed E-state index contributed by atoms with van der Waals surface area (Å²) in [5.41, 5.74) is 0.840.